The molecule has 96 valence electrons. The molecule has 3 heteroatoms. The molecule has 0 bridgehead atoms. The molecule has 0 aromatic heterocycles. The molecule has 0 fully saturated rings. The zero-order valence-corrected chi connectivity index (χ0v) is 12.3. The van der Waals surface area contributed by atoms with Crippen molar-refractivity contribution in [1.82, 2.24) is 5.32 Å². The third-order valence-electron chi connectivity index (χ3n) is 2.62. The smallest absolute Gasteiger partial charge is 0.0406 e. The second kappa shape index (κ2) is 8.84. The first kappa shape index (κ1) is 14.9. The van der Waals surface area contributed by atoms with Gasteiger partial charge in [0.2, 0.25) is 0 Å². The molecular formula is C14H22ClNS. The van der Waals surface area contributed by atoms with E-state index in [-0.39, 0.29) is 0 Å². The molecule has 0 radical (unpaired) electrons. The maximum atomic E-state index is 5.85. The molecule has 1 N–H and O–H groups in total. The van der Waals surface area contributed by atoms with Crippen molar-refractivity contribution in [1.29, 1.82) is 0 Å². The quantitative estimate of drug-likeness (QED) is 0.706. The molecule has 0 amide bonds. The van der Waals surface area contributed by atoms with Crippen LogP contribution in [0.5, 0.6) is 0 Å². The van der Waals surface area contributed by atoms with Gasteiger partial charge in [0.05, 0.1) is 0 Å². The fraction of sp³-hybridized carbons (Fsp3) is 0.571. The number of halogens is 1. The second-order valence-electron chi connectivity index (χ2n) is 4.32. The van der Waals surface area contributed by atoms with Gasteiger partial charge in [0, 0.05) is 16.8 Å². The fourth-order valence-electron chi connectivity index (χ4n) is 1.52. The number of nitrogens with one attached hydrogen (secondary N) is 1. The molecule has 1 unspecified atom stereocenters. The summed E-state index contributed by atoms with van der Waals surface area (Å²) in [6.45, 7) is 5.59. The maximum Gasteiger partial charge on any atom is 0.0406 e. The van der Waals surface area contributed by atoms with Crippen LogP contribution >= 0.6 is 23.4 Å². The zero-order chi connectivity index (χ0) is 12.5. The third-order valence-corrected chi connectivity index (χ3v) is 3.93. The van der Waals surface area contributed by atoms with Gasteiger partial charge >= 0.3 is 0 Å². The molecule has 0 heterocycles. The van der Waals surface area contributed by atoms with Crippen molar-refractivity contribution in [3.05, 3.63) is 34.9 Å². The SMILES string of the molecule is CCCNC(C)CCSCc1ccc(Cl)cc1. The average molecular weight is 272 g/mol. The van der Waals surface area contributed by atoms with E-state index in [2.05, 4.69) is 31.3 Å². The lowest BCUT2D eigenvalue weighted by Gasteiger charge is -2.12. The van der Waals surface area contributed by atoms with Gasteiger partial charge in [-0.1, -0.05) is 30.7 Å². The van der Waals surface area contributed by atoms with Crippen molar-refractivity contribution < 1.29 is 0 Å². The molecular weight excluding hydrogens is 250 g/mol. The van der Waals surface area contributed by atoms with Crippen LogP contribution in [-0.4, -0.2) is 18.3 Å². The first-order valence-electron chi connectivity index (χ1n) is 6.28. The van der Waals surface area contributed by atoms with Crippen molar-refractivity contribution >= 4 is 23.4 Å². The molecule has 0 aliphatic rings. The lowest BCUT2D eigenvalue weighted by molar-refractivity contribution is 0.536. The molecule has 1 atom stereocenters. The van der Waals surface area contributed by atoms with Crippen LogP contribution in [0.2, 0.25) is 5.02 Å². The predicted octanol–water partition coefficient (Wildman–Crippen LogP) is 4.35. The highest BCUT2D eigenvalue weighted by Crippen LogP contribution is 2.16. The van der Waals surface area contributed by atoms with E-state index >= 15 is 0 Å². The van der Waals surface area contributed by atoms with Crippen molar-refractivity contribution in [2.24, 2.45) is 0 Å². The van der Waals surface area contributed by atoms with E-state index < -0.39 is 0 Å². The molecule has 1 nitrogen and oxygen atoms in total. The monoisotopic (exact) mass is 271 g/mol. The Morgan fingerprint density at radius 3 is 2.65 bits per heavy atom. The van der Waals surface area contributed by atoms with Gasteiger partial charge in [-0.3, -0.25) is 0 Å². The molecule has 1 aromatic carbocycles. The van der Waals surface area contributed by atoms with Gasteiger partial charge in [0.1, 0.15) is 0 Å². The first-order valence-corrected chi connectivity index (χ1v) is 7.81. The molecule has 0 saturated heterocycles. The Morgan fingerprint density at radius 2 is 2.00 bits per heavy atom. The number of hydrogen-bond acceptors (Lipinski definition) is 2. The lowest BCUT2D eigenvalue weighted by Crippen LogP contribution is -2.27. The van der Waals surface area contributed by atoms with Gasteiger partial charge in [0.25, 0.3) is 0 Å². The van der Waals surface area contributed by atoms with Gasteiger partial charge in [-0.05, 0) is 49.8 Å². The summed E-state index contributed by atoms with van der Waals surface area (Å²) in [5, 5.41) is 4.32. The summed E-state index contributed by atoms with van der Waals surface area (Å²) >= 11 is 7.84. The summed E-state index contributed by atoms with van der Waals surface area (Å²) in [5.41, 5.74) is 1.36. The Bertz CT molecular complexity index is 300. The van der Waals surface area contributed by atoms with E-state index in [0.29, 0.717) is 6.04 Å². The Hall–Kier alpha value is -0.180. The minimum absolute atomic E-state index is 0.632. The molecule has 17 heavy (non-hydrogen) atoms. The van der Waals surface area contributed by atoms with Crippen molar-refractivity contribution in [2.75, 3.05) is 12.3 Å². The van der Waals surface area contributed by atoms with E-state index in [0.717, 1.165) is 17.3 Å². The fourth-order valence-corrected chi connectivity index (χ4v) is 2.74. The summed E-state index contributed by atoms with van der Waals surface area (Å²) < 4.78 is 0. The average Bonchev–Trinajstić information content (AvgIpc) is 2.34. The zero-order valence-electron chi connectivity index (χ0n) is 10.7. The normalized spacial score (nSPS) is 12.6. The van der Waals surface area contributed by atoms with E-state index in [1.807, 2.05) is 23.9 Å². The minimum Gasteiger partial charge on any atom is -0.314 e. The van der Waals surface area contributed by atoms with Crippen molar-refractivity contribution in [3.63, 3.8) is 0 Å². The van der Waals surface area contributed by atoms with E-state index in [9.17, 15) is 0 Å². The summed E-state index contributed by atoms with van der Waals surface area (Å²) in [7, 11) is 0. The maximum absolute atomic E-state index is 5.85. The standard InChI is InChI=1S/C14H22ClNS/c1-3-9-16-12(2)8-10-17-11-13-4-6-14(15)7-5-13/h4-7,12,16H,3,8-11H2,1-2H3. The van der Waals surface area contributed by atoms with Crippen LogP contribution in [-0.2, 0) is 5.75 Å². The van der Waals surface area contributed by atoms with Gasteiger partial charge in [-0.15, -0.1) is 0 Å². The summed E-state index contributed by atoms with van der Waals surface area (Å²) in [5.74, 6) is 2.29. The molecule has 0 aliphatic carbocycles. The molecule has 1 rings (SSSR count). The summed E-state index contributed by atoms with van der Waals surface area (Å²) in [6, 6.07) is 8.76. The van der Waals surface area contributed by atoms with Crippen LogP contribution < -0.4 is 5.32 Å². The Kier molecular flexibility index (Phi) is 7.74. The minimum atomic E-state index is 0.632. The Labute approximate surface area is 114 Å². The Balaban J connectivity index is 2.09. The molecule has 0 aliphatic heterocycles. The molecule has 0 spiro atoms. The van der Waals surface area contributed by atoms with Gasteiger partial charge in [0.15, 0.2) is 0 Å². The number of hydrogen-bond donors (Lipinski definition) is 1. The second-order valence-corrected chi connectivity index (χ2v) is 5.86. The van der Waals surface area contributed by atoms with E-state index in [1.54, 1.807) is 0 Å². The Morgan fingerprint density at radius 1 is 1.29 bits per heavy atom. The van der Waals surface area contributed by atoms with Crippen molar-refractivity contribution in [2.45, 2.75) is 38.5 Å². The highest BCUT2D eigenvalue weighted by Gasteiger charge is 2.00. The van der Waals surface area contributed by atoms with Gasteiger partial charge < -0.3 is 5.32 Å². The molecule has 0 saturated carbocycles. The predicted molar refractivity (Wildman–Crippen MR) is 80.0 cm³/mol. The van der Waals surface area contributed by atoms with Crippen LogP contribution in [0.25, 0.3) is 0 Å². The third kappa shape index (κ3) is 6.97. The number of thioether (sulfide) groups is 1. The summed E-state index contributed by atoms with van der Waals surface area (Å²) in [4.78, 5) is 0. The topological polar surface area (TPSA) is 12.0 Å². The van der Waals surface area contributed by atoms with Crippen LogP contribution in [0, 0.1) is 0 Å². The van der Waals surface area contributed by atoms with Crippen LogP contribution in [0.4, 0.5) is 0 Å². The highest BCUT2D eigenvalue weighted by atomic mass is 35.5. The van der Waals surface area contributed by atoms with Gasteiger partial charge in [-0.2, -0.15) is 11.8 Å². The molecule has 1 aromatic rings. The van der Waals surface area contributed by atoms with Gasteiger partial charge in [-0.25, -0.2) is 0 Å². The van der Waals surface area contributed by atoms with Crippen molar-refractivity contribution in [3.8, 4) is 0 Å². The van der Waals surface area contributed by atoms with Crippen LogP contribution in [0.15, 0.2) is 24.3 Å². The largest absolute Gasteiger partial charge is 0.314 e. The lowest BCUT2D eigenvalue weighted by atomic mass is 10.2. The van der Waals surface area contributed by atoms with E-state index in [1.165, 1.54) is 24.2 Å². The highest BCUT2D eigenvalue weighted by molar-refractivity contribution is 7.98. The van der Waals surface area contributed by atoms with E-state index in [4.69, 9.17) is 11.6 Å². The number of rotatable bonds is 8. The van der Waals surface area contributed by atoms with Crippen LogP contribution in [0.1, 0.15) is 32.3 Å². The first-order chi connectivity index (χ1) is 8.22. The van der Waals surface area contributed by atoms with Crippen LogP contribution in [0.3, 0.4) is 0 Å². The number of benzene rings is 1. The summed E-state index contributed by atoms with van der Waals surface area (Å²) in [6.07, 6.45) is 2.44.